The van der Waals surface area contributed by atoms with E-state index in [0.29, 0.717) is 5.75 Å². The van der Waals surface area contributed by atoms with Gasteiger partial charge in [0.1, 0.15) is 5.75 Å². The highest BCUT2D eigenvalue weighted by atomic mass is 79.9. The second-order valence-corrected chi connectivity index (χ2v) is 6.05. The zero-order valence-corrected chi connectivity index (χ0v) is 14.3. The van der Waals surface area contributed by atoms with Crippen LogP contribution in [0.15, 0.2) is 28.7 Å². The van der Waals surface area contributed by atoms with E-state index in [-0.39, 0.29) is 24.4 Å². The standard InChI is InChI=1S/C15H21BrN2O3/c1-10(2)17-14(19)9-18(4)15(20)11(3)21-13-7-5-12(16)6-8-13/h5-8,10-11H,9H2,1-4H3,(H,17,19)/t11-/m0/s1. The van der Waals surface area contributed by atoms with Gasteiger partial charge in [0.15, 0.2) is 6.10 Å². The third-order valence-corrected chi connectivity index (χ3v) is 3.21. The first kappa shape index (κ1) is 17.5. The van der Waals surface area contributed by atoms with E-state index in [9.17, 15) is 9.59 Å². The van der Waals surface area contributed by atoms with Gasteiger partial charge in [0.25, 0.3) is 5.91 Å². The van der Waals surface area contributed by atoms with Crippen LogP contribution in [0.3, 0.4) is 0 Å². The van der Waals surface area contributed by atoms with Crippen molar-refractivity contribution in [1.82, 2.24) is 10.2 Å². The van der Waals surface area contributed by atoms with Crippen molar-refractivity contribution in [1.29, 1.82) is 0 Å². The Labute approximate surface area is 133 Å². The zero-order chi connectivity index (χ0) is 16.0. The molecule has 0 heterocycles. The van der Waals surface area contributed by atoms with Crippen LogP contribution < -0.4 is 10.1 Å². The molecule has 0 aliphatic rings. The van der Waals surface area contributed by atoms with E-state index in [1.807, 2.05) is 26.0 Å². The highest BCUT2D eigenvalue weighted by Gasteiger charge is 2.21. The summed E-state index contributed by atoms with van der Waals surface area (Å²) in [6, 6.07) is 7.29. The van der Waals surface area contributed by atoms with Crippen LogP contribution in [0.1, 0.15) is 20.8 Å². The predicted octanol–water partition coefficient (Wildman–Crippen LogP) is 2.20. The average Bonchev–Trinajstić information content (AvgIpc) is 2.39. The maximum atomic E-state index is 12.1. The molecule has 6 heteroatoms. The van der Waals surface area contributed by atoms with Gasteiger partial charge in [-0.25, -0.2) is 0 Å². The highest BCUT2D eigenvalue weighted by molar-refractivity contribution is 9.10. The topological polar surface area (TPSA) is 58.6 Å². The smallest absolute Gasteiger partial charge is 0.263 e. The van der Waals surface area contributed by atoms with Gasteiger partial charge in [-0.1, -0.05) is 15.9 Å². The number of likely N-dealkylation sites (N-methyl/N-ethyl adjacent to an activating group) is 1. The van der Waals surface area contributed by atoms with Gasteiger partial charge in [-0.2, -0.15) is 0 Å². The molecular weight excluding hydrogens is 336 g/mol. The number of benzene rings is 1. The maximum Gasteiger partial charge on any atom is 0.263 e. The van der Waals surface area contributed by atoms with Crippen molar-refractivity contribution in [2.45, 2.75) is 32.9 Å². The predicted molar refractivity (Wildman–Crippen MR) is 85.1 cm³/mol. The van der Waals surface area contributed by atoms with Crippen LogP contribution in [0.2, 0.25) is 0 Å². The first-order chi connectivity index (χ1) is 9.79. The third-order valence-electron chi connectivity index (χ3n) is 2.68. The van der Waals surface area contributed by atoms with Gasteiger partial charge < -0.3 is 15.0 Å². The van der Waals surface area contributed by atoms with Crippen molar-refractivity contribution in [3.63, 3.8) is 0 Å². The molecular formula is C15H21BrN2O3. The summed E-state index contributed by atoms with van der Waals surface area (Å²) in [6.45, 7) is 5.43. The third kappa shape index (κ3) is 6.16. The monoisotopic (exact) mass is 356 g/mol. The Morgan fingerprint density at radius 2 is 1.81 bits per heavy atom. The van der Waals surface area contributed by atoms with E-state index < -0.39 is 6.10 Å². The Morgan fingerprint density at radius 3 is 2.33 bits per heavy atom. The Balaban J connectivity index is 2.53. The van der Waals surface area contributed by atoms with E-state index in [2.05, 4.69) is 21.2 Å². The van der Waals surface area contributed by atoms with Gasteiger partial charge >= 0.3 is 0 Å². The van der Waals surface area contributed by atoms with Crippen molar-refractivity contribution in [3.05, 3.63) is 28.7 Å². The molecule has 1 aromatic carbocycles. The van der Waals surface area contributed by atoms with E-state index in [1.54, 1.807) is 26.1 Å². The quantitative estimate of drug-likeness (QED) is 0.849. The number of nitrogens with one attached hydrogen (secondary N) is 1. The van der Waals surface area contributed by atoms with Gasteiger partial charge in [0.2, 0.25) is 5.91 Å². The number of carbonyl (C=O) groups excluding carboxylic acids is 2. The molecule has 1 rings (SSSR count). The summed E-state index contributed by atoms with van der Waals surface area (Å²) in [5.74, 6) is 0.188. The van der Waals surface area contributed by atoms with Crippen LogP contribution in [0, 0.1) is 0 Å². The number of halogens is 1. The molecule has 1 aromatic rings. The molecule has 0 radical (unpaired) electrons. The number of carbonyl (C=O) groups is 2. The molecule has 0 saturated heterocycles. The number of nitrogens with zero attached hydrogens (tertiary/aromatic N) is 1. The summed E-state index contributed by atoms with van der Waals surface area (Å²) in [6.07, 6.45) is -0.650. The summed E-state index contributed by atoms with van der Waals surface area (Å²) >= 11 is 3.34. The fraction of sp³-hybridized carbons (Fsp3) is 0.467. The molecule has 2 amide bonds. The lowest BCUT2D eigenvalue weighted by molar-refractivity contribution is -0.140. The molecule has 0 saturated carbocycles. The van der Waals surface area contributed by atoms with Gasteiger partial charge in [0.05, 0.1) is 6.54 Å². The zero-order valence-electron chi connectivity index (χ0n) is 12.7. The van der Waals surface area contributed by atoms with Crippen LogP contribution in [-0.4, -0.2) is 42.5 Å². The molecule has 0 aliphatic carbocycles. The minimum Gasteiger partial charge on any atom is -0.481 e. The first-order valence-electron chi connectivity index (χ1n) is 6.76. The highest BCUT2D eigenvalue weighted by Crippen LogP contribution is 2.17. The molecule has 0 aliphatic heterocycles. The van der Waals surface area contributed by atoms with Gasteiger partial charge in [-0.3, -0.25) is 9.59 Å². The normalized spacial score (nSPS) is 11.9. The van der Waals surface area contributed by atoms with Crippen molar-refractivity contribution in [2.75, 3.05) is 13.6 Å². The number of hydrogen-bond acceptors (Lipinski definition) is 3. The largest absolute Gasteiger partial charge is 0.481 e. The minimum atomic E-state index is -0.650. The molecule has 116 valence electrons. The number of hydrogen-bond donors (Lipinski definition) is 1. The molecule has 0 aromatic heterocycles. The molecule has 0 unspecified atom stereocenters. The molecule has 21 heavy (non-hydrogen) atoms. The molecule has 1 atom stereocenters. The van der Waals surface area contributed by atoms with Crippen LogP contribution >= 0.6 is 15.9 Å². The Kier molecular flexibility index (Phi) is 6.68. The van der Waals surface area contributed by atoms with Gasteiger partial charge in [-0.15, -0.1) is 0 Å². The number of rotatable bonds is 6. The molecule has 5 nitrogen and oxygen atoms in total. The van der Waals surface area contributed by atoms with Crippen LogP contribution in [0.5, 0.6) is 5.75 Å². The molecule has 1 N–H and O–H groups in total. The van der Waals surface area contributed by atoms with Crippen molar-refractivity contribution in [2.24, 2.45) is 0 Å². The summed E-state index contributed by atoms with van der Waals surface area (Å²) < 4.78 is 6.51. The first-order valence-corrected chi connectivity index (χ1v) is 7.55. The van der Waals surface area contributed by atoms with Gasteiger partial charge in [0, 0.05) is 17.6 Å². The van der Waals surface area contributed by atoms with Gasteiger partial charge in [-0.05, 0) is 45.0 Å². The van der Waals surface area contributed by atoms with E-state index >= 15 is 0 Å². The Bertz CT molecular complexity index is 488. The van der Waals surface area contributed by atoms with Crippen LogP contribution in [0.4, 0.5) is 0 Å². The Hall–Kier alpha value is -1.56. The van der Waals surface area contributed by atoms with Crippen molar-refractivity contribution >= 4 is 27.7 Å². The van der Waals surface area contributed by atoms with E-state index in [4.69, 9.17) is 4.74 Å². The second-order valence-electron chi connectivity index (χ2n) is 5.13. The van der Waals surface area contributed by atoms with E-state index in [0.717, 1.165) is 4.47 Å². The molecule has 0 fully saturated rings. The lowest BCUT2D eigenvalue weighted by atomic mass is 10.3. The Morgan fingerprint density at radius 1 is 1.24 bits per heavy atom. The van der Waals surface area contributed by atoms with Crippen LogP contribution in [-0.2, 0) is 9.59 Å². The lowest BCUT2D eigenvalue weighted by Gasteiger charge is -2.22. The van der Waals surface area contributed by atoms with Crippen molar-refractivity contribution < 1.29 is 14.3 Å². The SMILES string of the molecule is CC(C)NC(=O)CN(C)C(=O)[C@H](C)Oc1ccc(Br)cc1. The summed E-state index contributed by atoms with van der Waals surface area (Å²) in [7, 11) is 1.59. The van der Waals surface area contributed by atoms with Crippen LogP contribution in [0.25, 0.3) is 0 Å². The maximum absolute atomic E-state index is 12.1. The fourth-order valence-corrected chi connectivity index (χ4v) is 2.00. The average molecular weight is 357 g/mol. The number of amides is 2. The fourth-order valence-electron chi connectivity index (χ4n) is 1.74. The minimum absolute atomic E-state index is 0.0189. The summed E-state index contributed by atoms with van der Waals surface area (Å²) in [4.78, 5) is 25.1. The summed E-state index contributed by atoms with van der Waals surface area (Å²) in [5, 5.41) is 2.74. The summed E-state index contributed by atoms with van der Waals surface area (Å²) in [5.41, 5.74) is 0. The van der Waals surface area contributed by atoms with E-state index in [1.165, 1.54) is 4.90 Å². The lowest BCUT2D eigenvalue weighted by Crippen LogP contribution is -2.44. The number of ether oxygens (including phenoxy) is 1. The molecule has 0 spiro atoms. The molecule has 0 bridgehead atoms. The van der Waals surface area contributed by atoms with Crippen molar-refractivity contribution in [3.8, 4) is 5.75 Å². The second kappa shape index (κ2) is 8.02.